The minimum absolute atomic E-state index is 0.0483. The normalized spacial score (nSPS) is 10.7. The number of aliphatic hydroxyl groups is 1. The first-order chi connectivity index (χ1) is 8.56. The summed E-state index contributed by atoms with van der Waals surface area (Å²) in [7, 11) is 0. The van der Waals surface area contributed by atoms with Crippen LogP contribution < -0.4 is 11.1 Å². The van der Waals surface area contributed by atoms with Crippen molar-refractivity contribution >= 4 is 33.2 Å². The number of carbonyl (C=O) groups excluding carboxylic acids is 1. The summed E-state index contributed by atoms with van der Waals surface area (Å²) in [4.78, 5) is 13.7. The van der Waals surface area contributed by atoms with Crippen molar-refractivity contribution in [1.29, 1.82) is 0 Å². The van der Waals surface area contributed by atoms with E-state index in [1.54, 1.807) is 18.2 Å². The SMILES string of the molecule is CCN(CCO)CC(=O)Nc1ccc(N)cc1Br. The summed E-state index contributed by atoms with van der Waals surface area (Å²) in [5, 5.41) is 11.6. The maximum Gasteiger partial charge on any atom is 0.238 e. The van der Waals surface area contributed by atoms with Gasteiger partial charge in [-0.1, -0.05) is 6.92 Å². The Morgan fingerprint density at radius 1 is 1.56 bits per heavy atom. The van der Waals surface area contributed by atoms with Crippen molar-refractivity contribution in [3.8, 4) is 0 Å². The van der Waals surface area contributed by atoms with Crippen LogP contribution in [0.4, 0.5) is 11.4 Å². The second-order valence-electron chi connectivity index (χ2n) is 3.88. The molecular weight excluding hydrogens is 298 g/mol. The molecule has 6 heteroatoms. The van der Waals surface area contributed by atoms with E-state index in [9.17, 15) is 4.79 Å². The molecular formula is C12H18BrN3O2. The number of nitrogens with zero attached hydrogens (tertiary/aromatic N) is 1. The third-order valence-electron chi connectivity index (χ3n) is 2.50. The summed E-state index contributed by atoms with van der Waals surface area (Å²) in [6.45, 7) is 3.46. The van der Waals surface area contributed by atoms with Gasteiger partial charge in [0.2, 0.25) is 5.91 Å². The van der Waals surface area contributed by atoms with Crippen LogP contribution in [0, 0.1) is 0 Å². The molecule has 0 aliphatic rings. The largest absolute Gasteiger partial charge is 0.399 e. The van der Waals surface area contributed by atoms with E-state index in [2.05, 4.69) is 21.2 Å². The topological polar surface area (TPSA) is 78.6 Å². The molecule has 0 saturated carbocycles. The quantitative estimate of drug-likeness (QED) is 0.691. The number of carbonyl (C=O) groups is 1. The van der Waals surface area contributed by atoms with E-state index in [1.807, 2.05) is 11.8 Å². The van der Waals surface area contributed by atoms with E-state index in [1.165, 1.54) is 0 Å². The van der Waals surface area contributed by atoms with E-state index in [0.717, 1.165) is 11.0 Å². The van der Waals surface area contributed by atoms with Crippen LogP contribution in [0.25, 0.3) is 0 Å². The first kappa shape index (κ1) is 14.9. The Bertz CT molecular complexity index is 412. The van der Waals surface area contributed by atoms with Crippen LogP contribution >= 0.6 is 15.9 Å². The van der Waals surface area contributed by atoms with E-state index in [-0.39, 0.29) is 19.1 Å². The average molecular weight is 316 g/mol. The molecule has 0 radical (unpaired) electrons. The first-order valence-electron chi connectivity index (χ1n) is 5.75. The van der Waals surface area contributed by atoms with Crippen molar-refractivity contribution in [1.82, 2.24) is 4.90 Å². The number of nitrogen functional groups attached to an aromatic ring is 1. The van der Waals surface area contributed by atoms with Crippen LogP contribution in [0.3, 0.4) is 0 Å². The lowest BCUT2D eigenvalue weighted by molar-refractivity contribution is -0.117. The molecule has 1 aromatic rings. The Balaban J connectivity index is 2.58. The lowest BCUT2D eigenvalue weighted by atomic mass is 10.3. The van der Waals surface area contributed by atoms with Gasteiger partial charge in [0, 0.05) is 16.7 Å². The van der Waals surface area contributed by atoms with E-state index >= 15 is 0 Å². The van der Waals surface area contributed by atoms with Gasteiger partial charge in [0.15, 0.2) is 0 Å². The second-order valence-corrected chi connectivity index (χ2v) is 4.73. The molecule has 0 atom stereocenters. The molecule has 0 aromatic heterocycles. The Hall–Kier alpha value is -1.11. The minimum Gasteiger partial charge on any atom is -0.399 e. The summed E-state index contributed by atoms with van der Waals surface area (Å²) < 4.78 is 0.751. The third-order valence-corrected chi connectivity index (χ3v) is 3.15. The van der Waals surface area contributed by atoms with Crippen LogP contribution in [-0.4, -0.2) is 42.2 Å². The number of amides is 1. The van der Waals surface area contributed by atoms with Crippen LogP contribution in [0.15, 0.2) is 22.7 Å². The third kappa shape index (κ3) is 4.64. The number of halogens is 1. The van der Waals surface area contributed by atoms with Crippen molar-refractivity contribution in [2.45, 2.75) is 6.92 Å². The van der Waals surface area contributed by atoms with Crippen molar-refractivity contribution in [2.24, 2.45) is 0 Å². The molecule has 0 fully saturated rings. The van der Waals surface area contributed by atoms with Gasteiger partial charge in [0.1, 0.15) is 0 Å². The van der Waals surface area contributed by atoms with Crippen molar-refractivity contribution in [3.05, 3.63) is 22.7 Å². The van der Waals surface area contributed by atoms with Crippen LogP contribution in [0.2, 0.25) is 0 Å². The number of hydrogen-bond acceptors (Lipinski definition) is 4. The average Bonchev–Trinajstić information content (AvgIpc) is 2.32. The van der Waals surface area contributed by atoms with Crippen molar-refractivity contribution < 1.29 is 9.90 Å². The van der Waals surface area contributed by atoms with E-state index < -0.39 is 0 Å². The summed E-state index contributed by atoms with van der Waals surface area (Å²) in [6.07, 6.45) is 0. The van der Waals surface area contributed by atoms with E-state index in [0.29, 0.717) is 17.9 Å². The number of hydrogen-bond donors (Lipinski definition) is 3. The van der Waals surface area contributed by atoms with Gasteiger partial charge in [-0.15, -0.1) is 0 Å². The van der Waals surface area contributed by atoms with Gasteiger partial charge in [0.05, 0.1) is 18.8 Å². The molecule has 0 saturated heterocycles. The molecule has 4 N–H and O–H groups in total. The number of nitrogens with one attached hydrogen (secondary N) is 1. The molecule has 0 heterocycles. The zero-order valence-electron chi connectivity index (χ0n) is 10.3. The molecule has 0 aliphatic heterocycles. The van der Waals surface area contributed by atoms with Crippen LogP contribution in [0.5, 0.6) is 0 Å². The molecule has 5 nitrogen and oxygen atoms in total. The number of anilines is 2. The second kappa shape index (κ2) is 7.35. The zero-order chi connectivity index (χ0) is 13.5. The molecule has 1 amide bonds. The molecule has 100 valence electrons. The van der Waals surface area contributed by atoms with E-state index in [4.69, 9.17) is 10.8 Å². The summed E-state index contributed by atoms with van der Waals surface area (Å²) in [5.74, 6) is -0.115. The minimum atomic E-state index is -0.115. The van der Waals surface area contributed by atoms with Crippen LogP contribution in [0.1, 0.15) is 6.92 Å². The maximum atomic E-state index is 11.8. The number of nitrogens with two attached hydrogens (primary N) is 1. The number of aliphatic hydroxyl groups excluding tert-OH is 1. The zero-order valence-corrected chi connectivity index (χ0v) is 11.9. The van der Waals surface area contributed by atoms with Crippen LogP contribution in [-0.2, 0) is 4.79 Å². The summed E-state index contributed by atoms with van der Waals surface area (Å²) in [5.41, 5.74) is 6.95. The van der Waals surface area contributed by atoms with Crippen molar-refractivity contribution in [2.75, 3.05) is 37.3 Å². The fraction of sp³-hybridized carbons (Fsp3) is 0.417. The predicted molar refractivity (Wildman–Crippen MR) is 76.4 cm³/mol. The Morgan fingerprint density at radius 2 is 2.28 bits per heavy atom. The fourth-order valence-corrected chi connectivity index (χ4v) is 2.01. The molecule has 0 unspecified atom stereocenters. The Morgan fingerprint density at radius 3 is 2.83 bits per heavy atom. The molecule has 0 aliphatic carbocycles. The molecule has 0 spiro atoms. The van der Waals surface area contributed by atoms with Crippen molar-refractivity contribution in [3.63, 3.8) is 0 Å². The number of benzene rings is 1. The lowest BCUT2D eigenvalue weighted by Gasteiger charge is -2.18. The predicted octanol–water partition coefficient (Wildman–Crippen LogP) is 1.28. The standard InChI is InChI=1S/C12H18BrN3O2/c1-2-16(5-6-17)8-12(18)15-11-4-3-9(14)7-10(11)13/h3-4,7,17H,2,5-6,8,14H2,1H3,(H,15,18). The number of likely N-dealkylation sites (N-methyl/N-ethyl adjacent to an activating group) is 1. The smallest absolute Gasteiger partial charge is 0.238 e. The van der Waals surface area contributed by atoms with Gasteiger partial charge in [-0.2, -0.15) is 0 Å². The highest BCUT2D eigenvalue weighted by atomic mass is 79.9. The summed E-state index contributed by atoms with van der Waals surface area (Å²) in [6, 6.07) is 5.21. The molecule has 18 heavy (non-hydrogen) atoms. The maximum absolute atomic E-state index is 11.8. The summed E-state index contributed by atoms with van der Waals surface area (Å²) >= 11 is 3.34. The molecule has 1 aromatic carbocycles. The monoisotopic (exact) mass is 315 g/mol. The molecule has 0 bridgehead atoms. The molecule has 1 rings (SSSR count). The lowest BCUT2D eigenvalue weighted by Crippen LogP contribution is -2.35. The Labute approximate surface area is 115 Å². The fourth-order valence-electron chi connectivity index (χ4n) is 1.52. The first-order valence-corrected chi connectivity index (χ1v) is 6.54. The van der Waals surface area contributed by atoms with Gasteiger partial charge < -0.3 is 16.2 Å². The highest BCUT2D eigenvalue weighted by molar-refractivity contribution is 9.10. The number of rotatable bonds is 6. The highest BCUT2D eigenvalue weighted by Gasteiger charge is 2.10. The highest BCUT2D eigenvalue weighted by Crippen LogP contribution is 2.24. The van der Waals surface area contributed by atoms with Gasteiger partial charge in [-0.3, -0.25) is 9.69 Å². The van der Waals surface area contributed by atoms with Gasteiger partial charge >= 0.3 is 0 Å². The Kier molecular flexibility index (Phi) is 6.11. The van der Waals surface area contributed by atoms with Gasteiger partial charge in [-0.25, -0.2) is 0 Å². The van der Waals surface area contributed by atoms with Gasteiger partial charge in [0.25, 0.3) is 0 Å². The van der Waals surface area contributed by atoms with Gasteiger partial charge in [-0.05, 0) is 40.7 Å².